The Morgan fingerprint density at radius 1 is 0.660 bits per heavy atom. The summed E-state index contributed by atoms with van der Waals surface area (Å²) in [5.41, 5.74) is 7.54. The lowest BCUT2D eigenvalue weighted by Gasteiger charge is -2.31. The van der Waals surface area contributed by atoms with E-state index in [0.717, 1.165) is 5.56 Å². The maximum absolute atomic E-state index is 13.9. The fraction of sp³-hybridized carbons (Fsp3) is 0.711. The molecule has 12 nitrogen and oxygen atoms in total. The minimum Gasteiger partial charge on any atom is -0.394 e. The smallest absolute Gasteiger partial charge is 0.243 e. The number of aliphatic hydroxyl groups is 1. The molecule has 1 rings (SSSR count). The van der Waals surface area contributed by atoms with Crippen molar-refractivity contribution in [3.8, 4) is 0 Å². The molecule has 7 atom stereocenters. The number of hydrogen-bond acceptors (Lipinski definition) is 7. The number of aliphatic hydroxyl groups excluding tert-OH is 1. The van der Waals surface area contributed by atoms with Crippen LogP contribution in [-0.2, 0) is 30.4 Å². The summed E-state index contributed by atoms with van der Waals surface area (Å²) in [7, 11) is 0. The van der Waals surface area contributed by atoms with Gasteiger partial charge in [0.25, 0.3) is 0 Å². The minimum atomic E-state index is -0.933. The van der Waals surface area contributed by atoms with E-state index >= 15 is 0 Å². The number of nitrogens with one attached hydrogen (secondary N) is 5. The molecule has 0 spiro atoms. The molecule has 0 saturated heterocycles. The molecule has 50 heavy (non-hydrogen) atoms. The quantitative estimate of drug-likeness (QED) is 0.0966. The fourth-order valence-corrected chi connectivity index (χ4v) is 5.55. The molecule has 12 heteroatoms. The van der Waals surface area contributed by atoms with Crippen molar-refractivity contribution in [3.63, 3.8) is 0 Å². The van der Waals surface area contributed by atoms with E-state index < -0.39 is 54.0 Å². The summed E-state index contributed by atoms with van der Waals surface area (Å²) in [6, 6.07) is 4.87. The third-order valence-corrected chi connectivity index (χ3v) is 8.90. The van der Waals surface area contributed by atoms with Crippen LogP contribution >= 0.6 is 0 Å². The van der Waals surface area contributed by atoms with Crippen molar-refractivity contribution in [2.45, 2.75) is 138 Å². The molecule has 0 heterocycles. The van der Waals surface area contributed by atoms with Crippen molar-refractivity contribution in [3.05, 3.63) is 35.9 Å². The standard InChI is InChI=1S/C38H66N6O6/c1-11-26(10)35(38(50)42-31(21-45)24(6)7)43-33(47)20-28(39)29(19-27-15-13-12-14-16-27)41-37(49)34(25(8)9)44-36(48)30(17-22(2)3)40-32(46)18-23(4)5/h12-16,22-26,28-31,34-35,45H,11,17-21,39H2,1-10H3,(H,40,46)(H,41,49)(H,42,50)(H,43,47)(H,44,48)/t26-,28-,29-,30-,31+,34-,35-/m0/s1. The first kappa shape index (κ1) is 44.5. The van der Waals surface area contributed by atoms with Gasteiger partial charge in [0.05, 0.1) is 12.6 Å². The number of benzene rings is 1. The molecule has 0 radical (unpaired) electrons. The Kier molecular flexibility index (Phi) is 19.9. The fourth-order valence-electron chi connectivity index (χ4n) is 5.55. The van der Waals surface area contributed by atoms with E-state index in [-0.39, 0.29) is 60.9 Å². The lowest BCUT2D eigenvalue weighted by Crippen LogP contribution is -2.60. The second kappa shape index (κ2) is 22.3. The number of nitrogens with two attached hydrogens (primary N) is 1. The average molecular weight is 703 g/mol. The van der Waals surface area contributed by atoms with E-state index in [4.69, 9.17) is 5.73 Å². The largest absolute Gasteiger partial charge is 0.394 e. The van der Waals surface area contributed by atoms with Crippen molar-refractivity contribution in [1.29, 1.82) is 0 Å². The highest BCUT2D eigenvalue weighted by Gasteiger charge is 2.33. The first-order valence-corrected chi connectivity index (χ1v) is 18.3. The molecule has 5 amide bonds. The van der Waals surface area contributed by atoms with E-state index in [1.165, 1.54) is 0 Å². The van der Waals surface area contributed by atoms with Crippen molar-refractivity contribution in [2.75, 3.05) is 6.61 Å². The van der Waals surface area contributed by atoms with Gasteiger partial charge in [-0.2, -0.15) is 0 Å². The summed E-state index contributed by atoms with van der Waals surface area (Å²) in [6.45, 7) is 18.8. The lowest BCUT2D eigenvalue weighted by molar-refractivity contribution is -0.133. The maximum Gasteiger partial charge on any atom is 0.243 e. The monoisotopic (exact) mass is 703 g/mol. The van der Waals surface area contributed by atoms with Crippen molar-refractivity contribution >= 4 is 29.5 Å². The summed E-state index contributed by atoms with van der Waals surface area (Å²) in [5, 5.41) is 24.1. The van der Waals surface area contributed by atoms with Gasteiger partial charge in [0, 0.05) is 24.9 Å². The minimum absolute atomic E-state index is 0.00261. The van der Waals surface area contributed by atoms with Gasteiger partial charge in [0.15, 0.2) is 0 Å². The third-order valence-electron chi connectivity index (χ3n) is 8.90. The van der Waals surface area contributed by atoms with Crippen LogP contribution in [0.4, 0.5) is 0 Å². The molecule has 284 valence electrons. The SMILES string of the molecule is CC[C@H](C)[C@H](NC(=O)C[C@H](N)[C@H](Cc1ccccc1)NC(=O)[C@@H](NC(=O)[C@H](CC(C)C)NC(=O)CC(C)C)C(C)C)C(=O)N[C@H](CO)C(C)C. The van der Waals surface area contributed by atoms with E-state index in [0.29, 0.717) is 19.3 Å². The van der Waals surface area contributed by atoms with E-state index in [9.17, 15) is 29.1 Å². The molecule has 0 unspecified atom stereocenters. The van der Waals surface area contributed by atoms with E-state index in [1.807, 2.05) is 99.6 Å². The molecule has 1 aromatic rings. The summed E-state index contributed by atoms with van der Waals surface area (Å²) < 4.78 is 0. The molecule has 1 aromatic carbocycles. The van der Waals surface area contributed by atoms with Gasteiger partial charge >= 0.3 is 0 Å². The highest BCUT2D eigenvalue weighted by Crippen LogP contribution is 2.14. The van der Waals surface area contributed by atoms with Gasteiger partial charge in [0.2, 0.25) is 29.5 Å². The predicted octanol–water partition coefficient (Wildman–Crippen LogP) is 2.81. The molecule has 0 aromatic heterocycles. The number of carbonyl (C=O) groups excluding carboxylic acids is 5. The topological polar surface area (TPSA) is 192 Å². The first-order chi connectivity index (χ1) is 23.4. The first-order valence-electron chi connectivity index (χ1n) is 18.3. The number of rotatable bonds is 22. The number of carbonyl (C=O) groups is 5. The van der Waals surface area contributed by atoms with Gasteiger partial charge in [-0.25, -0.2) is 0 Å². The van der Waals surface area contributed by atoms with Gasteiger partial charge in [0.1, 0.15) is 18.1 Å². The van der Waals surface area contributed by atoms with Crippen LogP contribution in [0.3, 0.4) is 0 Å². The van der Waals surface area contributed by atoms with Gasteiger partial charge < -0.3 is 37.4 Å². The van der Waals surface area contributed by atoms with Crippen LogP contribution in [0.1, 0.15) is 100 Å². The Hall–Kier alpha value is -3.51. The predicted molar refractivity (Wildman–Crippen MR) is 198 cm³/mol. The Labute approximate surface area is 300 Å². The second-order valence-electron chi connectivity index (χ2n) is 15.2. The highest BCUT2D eigenvalue weighted by molar-refractivity contribution is 5.92. The van der Waals surface area contributed by atoms with Crippen LogP contribution in [0, 0.1) is 29.6 Å². The van der Waals surface area contributed by atoms with Crippen LogP contribution in [0.25, 0.3) is 0 Å². The molecule has 0 aliphatic carbocycles. The summed E-state index contributed by atoms with van der Waals surface area (Å²) in [6.07, 6.45) is 1.47. The highest BCUT2D eigenvalue weighted by atomic mass is 16.3. The average Bonchev–Trinajstić information content (AvgIpc) is 3.03. The Bertz CT molecular complexity index is 1210. The summed E-state index contributed by atoms with van der Waals surface area (Å²) >= 11 is 0. The molecule has 0 fully saturated rings. The summed E-state index contributed by atoms with van der Waals surface area (Å²) in [5.74, 6) is -2.19. The van der Waals surface area contributed by atoms with Crippen LogP contribution in [0.15, 0.2) is 30.3 Å². The Morgan fingerprint density at radius 3 is 1.72 bits per heavy atom. The van der Waals surface area contributed by atoms with Crippen LogP contribution < -0.4 is 32.3 Å². The van der Waals surface area contributed by atoms with Crippen molar-refractivity contribution in [1.82, 2.24) is 26.6 Å². The summed E-state index contributed by atoms with van der Waals surface area (Å²) in [4.78, 5) is 66.6. The molecule has 8 N–H and O–H groups in total. The zero-order chi connectivity index (χ0) is 38.1. The van der Waals surface area contributed by atoms with Crippen molar-refractivity contribution in [2.24, 2.45) is 35.3 Å². The van der Waals surface area contributed by atoms with Gasteiger partial charge in [-0.15, -0.1) is 0 Å². The molecule has 0 aliphatic heterocycles. The van der Waals surface area contributed by atoms with Gasteiger partial charge in [-0.1, -0.05) is 106 Å². The van der Waals surface area contributed by atoms with Gasteiger partial charge in [-0.3, -0.25) is 24.0 Å². The van der Waals surface area contributed by atoms with Crippen LogP contribution in [-0.4, -0.2) is 77.5 Å². The van der Waals surface area contributed by atoms with Crippen molar-refractivity contribution < 1.29 is 29.1 Å². The zero-order valence-corrected chi connectivity index (χ0v) is 32.0. The second-order valence-corrected chi connectivity index (χ2v) is 15.2. The lowest BCUT2D eigenvalue weighted by atomic mass is 9.94. The molecule has 0 bridgehead atoms. The third kappa shape index (κ3) is 16.0. The molecular formula is C38H66N6O6. The normalized spacial score (nSPS) is 15.8. The zero-order valence-electron chi connectivity index (χ0n) is 32.0. The molecule has 0 aliphatic rings. The number of hydrogen-bond donors (Lipinski definition) is 7. The van der Waals surface area contributed by atoms with Crippen LogP contribution in [0.2, 0.25) is 0 Å². The van der Waals surface area contributed by atoms with Crippen LogP contribution in [0.5, 0.6) is 0 Å². The Balaban J connectivity index is 3.22. The number of amides is 5. The molecular weight excluding hydrogens is 636 g/mol. The Morgan fingerprint density at radius 2 is 1.22 bits per heavy atom. The maximum atomic E-state index is 13.9. The van der Waals surface area contributed by atoms with E-state index in [1.54, 1.807) is 0 Å². The van der Waals surface area contributed by atoms with Gasteiger partial charge in [-0.05, 0) is 48.0 Å². The van der Waals surface area contributed by atoms with E-state index in [2.05, 4.69) is 26.6 Å². The molecule has 0 saturated carbocycles.